The van der Waals surface area contributed by atoms with E-state index in [9.17, 15) is 29.1 Å². The fraction of sp³-hybridized carbons (Fsp3) is 0.476. The summed E-state index contributed by atoms with van der Waals surface area (Å²) in [5.41, 5.74) is 3.52. The second-order valence-corrected chi connectivity index (χ2v) is 8.52. The van der Waals surface area contributed by atoms with Crippen LogP contribution in [0.15, 0.2) is 6.07 Å². The average molecular weight is 447 g/mol. The number of likely N-dealkylation sites (tertiary alicyclic amines) is 1. The summed E-state index contributed by atoms with van der Waals surface area (Å²) in [4.78, 5) is 65.9. The van der Waals surface area contributed by atoms with Crippen molar-refractivity contribution in [3.05, 3.63) is 22.8 Å². The first-order chi connectivity index (χ1) is 14.9. The summed E-state index contributed by atoms with van der Waals surface area (Å²) in [7, 11) is 1.41. The van der Waals surface area contributed by atoms with Gasteiger partial charge in [-0.1, -0.05) is 0 Å². The van der Waals surface area contributed by atoms with Gasteiger partial charge in [0.05, 0.1) is 35.5 Å². The minimum atomic E-state index is -1.27. The van der Waals surface area contributed by atoms with Crippen molar-refractivity contribution < 1.29 is 38.6 Å². The highest BCUT2D eigenvalue weighted by Crippen LogP contribution is 2.39. The van der Waals surface area contributed by atoms with Crippen LogP contribution in [0.2, 0.25) is 0 Å². The number of nitrogens with zero attached hydrogens (tertiary/aromatic N) is 2. The van der Waals surface area contributed by atoms with Crippen LogP contribution in [-0.4, -0.2) is 76.4 Å². The maximum Gasteiger partial charge on any atom is 0.341 e. The Morgan fingerprint density at radius 1 is 1.19 bits per heavy atom. The van der Waals surface area contributed by atoms with E-state index in [4.69, 9.17) is 15.2 Å². The molecule has 2 aliphatic rings. The van der Waals surface area contributed by atoms with E-state index in [-0.39, 0.29) is 37.2 Å². The predicted octanol–water partition coefficient (Wildman–Crippen LogP) is 0.690. The third kappa shape index (κ3) is 3.91. The second-order valence-electron chi connectivity index (χ2n) is 8.52. The van der Waals surface area contributed by atoms with E-state index in [1.165, 1.54) is 7.11 Å². The van der Waals surface area contributed by atoms with Crippen molar-refractivity contribution in [2.75, 3.05) is 26.0 Å². The standard InChI is InChI=1S/C21H25N3O8/c1-21(2,3)32-20(30)14-10(22)9-12(25)15-16(14)19(29)24(18(15)28)11-5-6-13(26)23(17(11)27)7-8-31-4/h9,11,25H,5-8,22H2,1-4H3. The lowest BCUT2D eigenvalue weighted by Gasteiger charge is -2.34. The number of methoxy groups -OCH3 is 1. The third-order valence-electron chi connectivity index (χ3n) is 5.12. The van der Waals surface area contributed by atoms with Crippen molar-refractivity contribution in [3.63, 3.8) is 0 Å². The van der Waals surface area contributed by atoms with Crippen molar-refractivity contribution in [2.24, 2.45) is 0 Å². The number of ether oxygens (including phenoxy) is 2. The van der Waals surface area contributed by atoms with Gasteiger partial charge < -0.3 is 20.3 Å². The molecule has 2 aliphatic heterocycles. The van der Waals surface area contributed by atoms with E-state index in [1.807, 2.05) is 0 Å². The van der Waals surface area contributed by atoms with Crippen LogP contribution in [0, 0.1) is 0 Å². The predicted molar refractivity (Wildman–Crippen MR) is 110 cm³/mol. The molecular weight excluding hydrogens is 422 g/mol. The number of carbonyl (C=O) groups excluding carboxylic acids is 5. The smallest absolute Gasteiger partial charge is 0.341 e. The molecule has 1 atom stereocenters. The fourth-order valence-electron chi connectivity index (χ4n) is 3.76. The number of piperidine rings is 1. The Bertz CT molecular complexity index is 1030. The molecule has 1 fully saturated rings. The molecule has 0 radical (unpaired) electrons. The largest absolute Gasteiger partial charge is 0.507 e. The van der Waals surface area contributed by atoms with Gasteiger partial charge in [0.2, 0.25) is 5.91 Å². The molecule has 3 N–H and O–H groups in total. The summed E-state index contributed by atoms with van der Waals surface area (Å²) in [6, 6.07) is -0.284. The number of hydrogen-bond donors (Lipinski definition) is 2. The number of imide groups is 2. The Balaban J connectivity index is 2.04. The van der Waals surface area contributed by atoms with Gasteiger partial charge >= 0.3 is 5.97 Å². The van der Waals surface area contributed by atoms with Crippen molar-refractivity contribution in [1.82, 2.24) is 9.80 Å². The van der Waals surface area contributed by atoms with E-state index in [0.717, 1.165) is 11.0 Å². The summed E-state index contributed by atoms with van der Waals surface area (Å²) < 4.78 is 10.2. The van der Waals surface area contributed by atoms with Crippen LogP contribution >= 0.6 is 0 Å². The van der Waals surface area contributed by atoms with E-state index >= 15 is 0 Å². The number of phenols is 1. The highest BCUT2D eigenvalue weighted by atomic mass is 16.6. The summed E-state index contributed by atoms with van der Waals surface area (Å²) in [6.45, 7) is 4.91. The molecule has 0 aliphatic carbocycles. The Hall–Kier alpha value is -3.47. The quantitative estimate of drug-likeness (QED) is 0.376. The number of aromatic hydroxyl groups is 1. The van der Waals surface area contributed by atoms with Gasteiger partial charge in [-0.3, -0.25) is 29.0 Å². The Morgan fingerprint density at radius 3 is 2.41 bits per heavy atom. The number of amides is 4. The van der Waals surface area contributed by atoms with Crippen LogP contribution in [0.25, 0.3) is 0 Å². The van der Waals surface area contributed by atoms with Gasteiger partial charge in [0.25, 0.3) is 17.7 Å². The molecule has 1 aromatic carbocycles. The average Bonchev–Trinajstić information content (AvgIpc) is 2.92. The number of rotatable bonds is 5. The highest BCUT2D eigenvalue weighted by molar-refractivity contribution is 6.28. The molecule has 11 nitrogen and oxygen atoms in total. The molecule has 11 heteroatoms. The Labute approximate surface area is 184 Å². The minimum Gasteiger partial charge on any atom is -0.507 e. The second kappa shape index (κ2) is 8.23. The van der Waals surface area contributed by atoms with Gasteiger partial charge in [0.1, 0.15) is 17.4 Å². The van der Waals surface area contributed by atoms with Crippen LogP contribution < -0.4 is 5.73 Å². The normalized spacial score (nSPS) is 18.9. The van der Waals surface area contributed by atoms with E-state index in [1.54, 1.807) is 20.8 Å². The number of nitrogens with two attached hydrogens (primary N) is 1. The molecule has 2 heterocycles. The summed E-state index contributed by atoms with van der Waals surface area (Å²) >= 11 is 0. The third-order valence-corrected chi connectivity index (χ3v) is 5.12. The zero-order valence-electron chi connectivity index (χ0n) is 18.3. The first-order valence-corrected chi connectivity index (χ1v) is 9.98. The molecule has 1 unspecified atom stereocenters. The van der Waals surface area contributed by atoms with Gasteiger partial charge in [-0.25, -0.2) is 4.79 Å². The topological polar surface area (TPSA) is 157 Å². The molecule has 0 spiro atoms. The van der Waals surface area contributed by atoms with Crippen LogP contribution in [-0.2, 0) is 19.1 Å². The minimum absolute atomic E-state index is 0.0325. The molecule has 4 amide bonds. The first kappa shape index (κ1) is 23.2. The van der Waals surface area contributed by atoms with Gasteiger partial charge in [-0.15, -0.1) is 0 Å². The number of phenolic OH excluding ortho intramolecular Hbond substituents is 1. The summed E-state index contributed by atoms with van der Waals surface area (Å²) in [5.74, 6) is -4.64. The lowest BCUT2D eigenvalue weighted by atomic mass is 9.99. The van der Waals surface area contributed by atoms with Gasteiger partial charge in [-0.2, -0.15) is 0 Å². The van der Waals surface area contributed by atoms with E-state index in [2.05, 4.69) is 0 Å². The number of benzene rings is 1. The zero-order valence-corrected chi connectivity index (χ0v) is 18.3. The maximum absolute atomic E-state index is 13.3. The van der Waals surface area contributed by atoms with Gasteiger partial charge in [0.15, 0.2) is 0 Å². The molecule has 0 bridgehead atoms. The van der Waals surface area contributed by atoms with Gasteiger partial charge in [-0.05, 0) is 27.2 Å². The molecule has 1 saturated heterocycles. The summed E-state index contributed by atoms with van der Waals surface area (Å²) in [6.07, 6.45) is -0.148. The Morgan fingerprint density at radius 2 is 1.81 bits per heavy atom. The van der Waals surface area contributed by atoms with Crippen molar-refractivity contribution in [3.8, 4) is 5.75 Å². The number of fused-ring (bicyclic) bond motifs is 1. The number of esters is 1. The van der Waals surface area contributed by atoms with E-state index < -0.39 is 58.1 Å². The van der Waals surface area contributed by atoms with Crippen LogP contribution in [0.5, 0.6) is 5.75 Å². The molecule has 0 aromatic heterocycles. The number of anilines is 1. The monoisotopic (exact) mass is 447 g/mol. The summed E-state index contributed by atoms with van der Waals surface area (Å²) in [5, 5.41) is 10.3. The molecule has 1 aromatic rings. The fourth-order valence-corrected chi connectivity index (χ4v) is 3.76. The molecule has 32 heavy (non-hydrogen) atoms. The maximum atomic E-state index is 13.3. The lowest BCUT2D eigenvalue weighted by Crippen LogP contribution is -2.56. The highest BCUT2D eigenvalue weighted by Gasteiger charge is 2.50. The lowest BCUT2D eigenvalue weighted by molar-refractivity contribution is -0.152. The number of hydrogen-bond acceptors (Lipinski definition) is 9. The first-order valence-electron chi connectivity index (χ1n) is 9.98. The van der Waals surface area contributed by atoms with Crippen LogP contribution in [0.1, 0.15) is 64.7 Å². The molecular formula is C21H25N3O8. The molecule has 172 valence electrons. The van der Waals surface area contributed by atoms with Crippen molar-refractivity contribution in [2.45, 2.75) is 45.3 Å². The van der Waals surface area contributed by atoms with Crippen LogP contribution in [0.3, 0.4) is 0 Å². The molecule has 3 rings (SSSR count). The van der Waals surface area contributed by atoms with Crippen molar-refractivity contribution in [1.29, 1.82) is 0 Å². The SMILES string of the molecule is COCCN1C(=O)CCC(N2C(=O)c3c(O)cc(N)c(C(=O)OC(C)(C)C)c3C2=O)C1=O. The van der Waals surface area contributed by atoms with Crippen LogP contribution in [0.4, 0.5) is 5.69 Å². The number of carbonyl (C=O) groups is 5. The van der Waals surface area contributed by atoms with Crippen molar-refractivity contribution >= 4 is 35.3 Å². The Kier molecular flexibility index (Phi) is 5.96. The number of nitrogen functional groups attached to an aromatic ring is 1. The van der Waals surface area contributed by atoms with E-state index in [0.29, 0.717) is 4.90 Å². The zero-order chi connectivity index (χ0) is 24.0. The van der Waals surface area contributed by atoms with Gasteiger partial charge in [0, 0.05) is 19.6 Å². The molecule has 0 saturated carbocycles.